The number of nitrogens with one attached hydrogen (secondary N) is 1. The second-order valence-corrected chi connectivity index (χ2v) is 8.24. The van der Waals surface area contributed by atoms with E-state index in [2.05, 4.69) is 10.4 Å². The van der Waals surface area contributed by atoms with Crippen LogP contribution in [0.25, 0.3) is 11.3 Å². The van der Waals surface area contributed by atoms with Crippen molar-refractivity contribution in [2.75, 3.05) is 18.7 Å². The number of rotatable bonds is 5. The van der Waals surface area contributed by atoms with E-state index in [1.807, 2.05) is 0 Å². The van der Waals surface area contributed by atoms with Crippen LogP contribution in [0, 0.1) is 11.6 Å². The molecule has 3 aromatic rings. The normalized spacial score (nSPS) is 11.3. The van der Waals surface area contributed by atoms with Gasteiger partial charge in [0.2, 0.25) is 0 Å². The number of carbonyl (C=O) groups is 1. The molecule has 1 amide bonds. The minimum absolute atomic E-state index is 0.0771. The van der Waals surface area contributed by atoms with Crippen molar-refractivity contribution in [2.24, 2.45) is 7.05 Å². The molecule has 0 bridgehead atoms. The van der Waals surface area contributed by atoms with Gasteiger partial charge in [-0.15, -0.1) is 0 Å². The SMILES string of the molecule is COc1cc(S(C)(=O)=O)ccc1-c1cc(C(=O)Nc2c(F)cccc2F)nn1C. The zero-order valence-electron chi connectivity index (χ0n) is 15.7. The summed E-state index contributed by atoms with van der Waals surface area (Å²) in [5.41, 5.74) is 0.284. The third-order valence-electron chi connectivity index (χ3n) is 4.19. The van der Waals surface area contributed by atoms with Crippen LogP contribution in [0.1, 0.15) is 10.5 Å². The minimum Gasteiger partial charge on any atom is -0.496 e. The summed E-state index contributed by atoms with van der Waals surface area (Å²) in [6.07, 6.45) is 1.08. The van der Waals surface area contributed by atoms with Gasteiger partial charge in [0.05, 0.1) is 17.7 Å². The number of benzene rings is 2. The van der Waals surface area contributed by atoms with Crippen molar-refractivity contribution in [1.29, 1.82) is 0 Å². The van der Waals surface area contributed by atoms with Crippen molar-refractivity contribution in [2.45, 2.75) is 4.90 Å². The Morgan fingerprint density at radius 2 is 1.79 bits per heavy atom. The third kappa shape index (κ3) is 4.11. The highest BCUT2D eigenvalue weighted by atomic mass is 32.2. The largest absolute Gasteiger partial charge is 0.496 e. The molecule has 29 heavy (non-hydrogen) atoms. The monoisotopic (exact) mass is 421 g/mol. The summed E-state index contributed by atoms with van der Waals surface area (Å²) in [5, 5.41) is 6.24. The fraction of sp³-hybridized carbons (Fsp3) is 0.158. The highest BCUT2D eigenvalue weighted by molar-refractivity contribution is 7.90. The lowest BCUT2D eigenvalue weighted by Crippen LogP contribution is -2.15. The maximum Gasteiger partial charge on any atom is 0.276 e. The van der Waals surface area contributed by atoms with Crippen LogP contribution in [0.3, 0.4) is 0 Å². The number of amides is 1. The Morgan fingerprint density at radius 1 is 1.14 bits per heavy atom. The third-order valence-corrected chi connectivity index (χ3v) is 5.30. The van der Waals surface area contributed by atoms with Crippen LogP contribution < -0.4 is 10.1 Å². The van der Waals surface area contributed by atoms with Gasteiger partial charge in [0.1, 0.15) is 23.1 Å². The second kappa shape index (κ2) is 7.63. The molecule has 3 rings (SSSR count). The van der Waals surface area contributed by atoms with Gasteiger partial charge in [-0.05, 0) is 36.4 Å². The van der Waals surface area contributed by atoms with Gasteiger partial charge in [0, 0.05) is 18.9 Å². The van der Waals surface area contributed by atoms with Crippen molar-refractivity contribution >= 4 is 21.4 Å². The highest BCUT2D eigenvalue weighted by Gasteiger charge is 2.20. The summed E-state index contributed by atoms with van der Waals surface area (Å²) in [7, 11) is -0.479. The molecular formula is C19H17F2N3O4S. The number of ether oxygens (including phenoxy) is 1. The summed E-state index contributed by atoms with van der Waals surface area (Å²) in [5.74, 6) is -2.36. The fourth-order valence-corrected chi connectivity index (χ4v) is 3.38. The van der Waals surface area contributed by atoms with Crippen LogP contribution in [-0.4, -0.2) is 37.5 Å². The average molecular weight is 421 g/mol. The molecule has 0 aliphatic heterocycles. The van der Waals surface area contributed by atoms with E-state index in [1.54, 1.807) is 7.05 Å². The fourth-order valence-electron chi connectivity index (χ4n) is 2.74. The first kappa shape index (κ1) is 20.5. The van der Waals surface area contributed by atoms with Gasteiger partial charge in [-0.3, -0.25) is 9.48 Å². The van der Waals surface area contributed by atoms with Gasteiger partial charge in [0.15, 0.2) is 15.5 Å². The van der Waals surface area contributed by atoms with Gasteiger partial charge in [-0.1, -0.05) is 6.07 Å². The summed E-state index contributed by atoms with van der Waals surface area (Å²) < 4.78 is 57.7. The molecule has 1 N–H and O–H groups in total. The van der Waals surface area contributed by atoms with Crippen molar-refractivity contribution in [1.82, 2.24) is 9.78 Å². The number of hydrogen-bond donors (Lipinski definition) is 1. The molecule has 152 valence electrons. The van der Waals surface area contributed by atoms with E-state index >= 15 is 0 Å². The van der Waals surface area contributed by atoms with Crippen LogP contribution in [0.5, 0.6) is 5.75 Å². The van der Waals surface area contributed by atoms with Crippen molar-refractivity contribution < 1.29 is 26.7 Å². The Balaban J connectivity index is 1.98. The molecular weight excluding hydrogens is 404 g/mol. The maximum atomic E-state index is 13.8. The smallest absolute Gasteiger partial charge is 0.276 e. The molecule has 0 saturated heterocycles. The summed E-state index contributed by atoms with van der Waals surface area (Å²) in [6.45, 7) is 0. The molecule has 0 radical (unpaired) electrons. The molecule has 2 aromatic carbocycles. The van der Waals surface area contributed by atoms with Crippen LogP contribution in [-0.2, 0) is 16.9 Å². The number of aryl methyl sites for hydroxylation is 1. The number of carbonyl (C=O) groups excluding carboxylic acids is 1. The first-order valence-electron chi connectivity index (χ1n) is 8.29. The van der Waals surface area contributed by atoms with Gasteiger partial charge in [0.25, 0.3) is 5.91 Å². The van der Waals surface area contributed by atoms with E-state index in [0.717, 1.165) is 18.4 Å². The molecule has 0 atom stereocenters. The van der Waals surface area contributed by atoms with Crippen molar-refractivity contribution in [3.63, 3.8) is 0 Å². The highest BCUT2D eigenvalue weighted by Crippen LogP contribution is 2.32. The van der Waals surface area contributed by atoms with E-state index in [0.29, 0.717) is 11.3 Å². The lowest BCUT2D eigenvalue weighted by molar-refractivity contribution is 0.102. The zero-order chi connectivity index (χ0) is 21.3. The number of hydrogen-bond acceptors (Lipinski definition) is 5. The van der Waals surface area contributed by atoms with E-state index in [9.17, 15) is 22.0 Å². The van der Waals surface area contributed by atoms with E-state index in [4.69, 9.17) is 4.74 Å². The van der Waals surface area contributed by atoms with Crippen molar-refractivity contribution in [3.8, 4) is 17.0 Å². The van der Waals surface area contributed by atoms with Crippen LogP contribution >= 0.6 is 0 Å². The Morgan fingerprint density at radius 3 is 2.38 bits per heavy atom. The predicted octanol–water partition coefficient (Wildman–Crippen LogP) is 3.03. The molecule has 0 fully saturated rings. The predicted molar refractivity (Wildman–Crippen MR) is 103 cm³/mol. The maximum absolute atomic E-state index is 13.8. The zero-order valence-corrected chi connectivity index (χ0v) is 16.5. The van der Waals surface area contributed by atoms with Crippen LogP contribution in [0.4, 0.5) is 14.5 Å². The van der Waals surface area contributed by atoms with Gasteiger partial charge in [-0.2, -0.15) is 5.10 Å². The first-order chi connectivity index (χ1) is 13.6. The van der Waals surface area contributed by atoms with Gasteiger partial charge in [-0.25, -0.2) is 17.2 Å². The molecule has 0 spiro atoms. The number of halogens is 2. The summed E-state index contributed by atoms with van der Waals surface area (Å²) >= 11 is 0. The summed E-state index contributed by atoms with van der Waals surface area (Å²) in [4.78, 5) is 12.5. The molecule has 0 aliphatic rings. The first-order valence-corrected chi connectivity index (χ1v) is 10.2. The molecule has 0 aliphatic carbocycles. The molecule has 1 heterocycles. The minimum atomic E-state index is -3.43. The number of anilines is 1. The standard InChI is InChI=1S/C19H17F2N3O4S/c1-24-16(12-8-7-11(29(3,26)27)9-17(12)28-2)10-15(23-24)19(25)22-18-13(20)5-4-6-14(18)21/h4-10H,1-3H3,(H,22,25). The Bertz CT molecular complexity index is 1190. The second-order valence-electron chi connectivity index (χ2n) is 6.22. The molecule has 10 heteroatoms. The number of sulfone groups is 1. The Kier molecular flexibility index (Phi) is 5.38. The number of aromatic nitrogens is 2. The van der Waals surface area contributed by atoms with Gasteiger partial charge < -0.3 is 10.1 Å². The van der Waals surface area contributed by atoms with Crippen molar-refractivity contribution in [3.05, 3.63) is 59.8 Å². The van der Waals surface area contributed by atoms with E-state index in [-0.39, 0.29) is 16.3 Å². The Hall–Kier alpha value is -3.27. The lowest BCUT2D eigenvalue weighted by Gasteiger charge is -2.10. The summed E-state index contributed by atoms with van der Waals surface area (Å²) in [6, 6.07) is 8.95. The quantitative estimate of drug-likeness (QED) is 0.684. The molecule has 7 nitrogen and oxygen atoms in total. The molecule has 1 aromatic heterocycles. The average Bonchev–Trinajstić information content (AvgIpc) is 3.05. The Labute approximate surface area is 165 Å². The van der Waals surface area contributed by atoms with Gasteiger partial charge >= 0.3 is 0 Å². The van der Waals surface area contributed by atoms with Crippen LogP contribution in [0.15, 0.2) is 47.4 Å². The topological polar surface area (TPSA) is 90.3 Å². The number of para-hydroxylation sites is 1. The lowest BCUT2D eigenvalue weighted by atomic mass is 10.1. The van der Waals surface area contributed by atoms with E-state index in [1.165, 1.54) is 42.1 Å². The van der Waals surface area contributed by atoms with Crippen LogP contribution in [0.2, 0.25) is 0 Å². The molecule has 0 saturated carbocycles. The van der Waals surface area contributed by atoms with E-state index < -0.39 is 33.1 Å². The molecule has 0 unspecified atom stereocenters. The number of methoxy groups -OCH3 is 1. The number of nitrogens with zero attached hydrogens (tertiary/aromatic N) is 2.